The van der Waals surface area contributed by atoms with Gasteiger partial charge in [-0.1, -0.05) is 11.8 Å². The molecule has 1 aromatic rings. The van der Waals surface area contributed by atoms with Crippen LogP contribution < -0.4 is 5.32 Å². The fraction of sp³-hybridized carbons (Fsp3) is 0.667. The molecule has 2 rings (SSSR count). The minimum Gasteiger partial charge on any atom is -0.440 e. The van der Waals surface area contributed by atoms with Gasteiger partial charge in [-0.3, -0.25) is 0 Å². The molecule has 2 heterocycles. The van der Waals surface area contributed by atoms with E-state index in [-0.39, 0.29) is 0 Å². The predicted molar refractivity (Wildman–Crippen MR) is 52.9 cm³/mol. The zero-order valence-corrected chi connectivity index (χ0v) is 8.56. The van der Waals surface area contributed by atoms with Crippen molar-refractivity contribution in [3.63, 3.8) is 0 Å². The van der Waals surface area contributed by atoms with Crippen molar-refractivity contribution in [2.75, 3.05) is 18.8 Å². The van der Waals surface area contributed by atoms with Crippen LogP contribution in [0.15, 0.2) is 15.9 Å². The lowest BCUT2D eigenvalue weighted by Crippen LogP contribution is -2.42. The second-order valence-corrected chi connectivity index (χ2v) is 4.46. The van der Waals surface area contributed by atoms with Crippen LogP contribution in [0.5, 0.6) is 0 Å². The first-order valence-electron chi connectivity index (χ1n) is 4.60. The molecule has 1 fully saturated rings. The molecule has 1 aliphatic heterocycles. The molecule has 3 nitrogen and oxygen atoms in total. The van der Waals surface area contributed by atoms with Crippen molar-refractivity contribution in [2.45, 2.75) is 18.6 Å². The van der Waals surface area contributed by atoms with Gasteiger partial charge in [0.25, 0.3) is 5.22 Å². The van der Waals surface area contributed by atoms with Gasteiger partial charge in [0.2, 0.25) is 0 Å². The molecule has 0 aliphatic carbocycles. The Balaban J connectivity index is 1.67. The van der Waals surface area contributed by atoms with E-state index in [1.807, 2.05) is 6.92 Å². The summed E-state index contributed by atoms with van der Waals surface area (Å²) in [4.78, 5) is 4.23. The quantitative estimate of drug-likeness (QED) is 0.747. The topological polar surface area (TPSA) is 38.1 Å². The molecule has 13 heavy (non-hydrogen) atoms. The Labute approximate surface area is 82.3 Å². The van der Waals surface area contributed by atoms with Gasteiger partial charge in [0.15, 0.2) is 0 Å². The summed E-state index contributed by atoms with van der Waals surface area (Å²) in [5, 5.41) is 4.08. The van der Waals surface area contributed by atoms with Gasteiger partial charge in [-0.05, 0) is 32.4 Å². The molecule has 0 spiro atoms. The van der Waals surface area contributed by atoms with E-state index in [0.717, 1.165) is 22.6 Å². The molecule has 1 N–H and O–H groups in total. The Morgan fingerprint density at radius 1 is 1.69 bits per heavy atom. The molecular weight excluding hydrogens is 184 g/mol. The molecule has 0 unspecified atom stereocenters. The van der Waals surface area contributed by atoms with Crippen molar-refractivity contribution >= 4 is 11.8 Å². The summed E-state index contributed by atoms with van der Waals surface area (Å²) in [6.07, 6.45) is 2.96. The van der Waals surface area contributed by atoms with E-state index in [0.29, 0.717) is 0 Å². The van der Waals surface area contributed by atoms with Gasteiger partial charge in [0, 0.05) is 5.75 Å². The maximum Gasteiger partial charge on any atom is 0.255 e. The van der Waals surface area contributed by atoms with Crippen molar-refractivity contribution in [3.05, 3.63) is 12.0 Å². The monoisotopic (exact) mass is 198 g/mol. The molecule has 1 aliphatic rings. The number of hydrogen-bond acceptors (Lipinski definition) is 4. The Hall–Kier alpha value is -0.480. The molecule has 4 heteroatoms. The van der Waals surface area contributed by atoms with E-state index in [2.05, 4.69) is 10.3 Å². The van der Waals surface area contributed by atoms with Crippen LogP contribution in [0.25, 0.3) is 0 Å². The third kappa shape index (κ3) is 2.48. The van der Waals surface area contributed by atoms with Crippen LogP contribution >= 0.6 is 11.8 Å². The zero-order valence-electron chi connectivity index (χ0n) is 7.75. The lowest BCUT2D eigenvalue weighted by Gasteiger charge is -2.26. The molecule has 0 aromatic carbocycles. The average molecular weight is 198 g/mol. The molecule has 0 atom stereocenters. The van der Waals surface area contributed by atoms with E-state index >= 15 is 0 Å². The SMILES string of the molecule is Cc1coc(SCCC2CNC2)n1. The number of nitrogens with zero attached hydrogens (tertiary/aromatic N) is 1. The highest BCUT2D eigenvalue weighted by molar-refractivity contribution is 7.99. The van der Waals surface area contributed by atoms with E-state index in [9.17, 15) is 0 Å². The van der Waals surface area contributed by atoms with Crippen LogP contribution in [-0.2, 0) is 0 Å². The van der Waals surface area contributed by atoms with Gasteiger partial charge in [-0.2, -0.15) is 0 Å². The smallest absolute Gasteiger partial charge is 0.255 e. The summed E-state index contributed by atoms with van der Waals surface area (Å²) >= 11 is 1.71. The third-order valence-electron chi connectivity index (χ3n) is 2.22. The van der Waals surface area contributed by atoms with Crippen molar-refractivity contribution in [2.24, 2.45) is 5.92 Å². The first-order valence-corrected chi connectivity index (χ1v) is 5.59. The van der Waals surface area contributed by atoms with Gasteiger partial charge in [-0.15, -0.1) is 0 Å². The normalized spacial score (nSPS) is 17.3. The highest BCUT2D eigenvalue weighted by atomic mass is 32.2. The van der Waals surface area contributed by atoms with Crippen molar-refractivity contribution < 1.29 is 4.42 Å². The standard InChI is InChI=1S/C9H14N2OS/c1-7-6-12-9(11-7)13-3-2-8-4-10-5-8/h6,8,10H,2-5H2,1H3. The number of oxazole rings is 1. The maximum absolute atomic E-state index is 5.23. The van der Waals surface area contributed by atoms with E-state index < -0.39 is 0 Å². The van der Waals surface area contributed by atoms with Crippen LogP contribution in [0.3, 0.4) is 0 Å². The molecule has 1 saturated heterocycles. The number of hydrogen-bond donors (Lipinski definition) is 1. The second-order valence-electron chi connectivity index (χ2n) is 3.42. The lowest BCUT2D eigenvalue weighted by atomic mass is 10.0. The van der Waals surface area contributed by atoms with Gasteiger partial charge < -0.3 is 9.73 Å². The minimum atomic E-state index is 0.810. The molecule has 0 saturated carbocycles. The van der Waals surface area contributed by atoms with Crippen molar-refractivity contribution in [1.29, 1.82) is 0 Å². The fourth-order valence-corrected chi connectivity index (χ4v) is 2.21. The minimum absolute atomic E-state index is 0.810. The van der Waals surface area contributed by atoms with E-state index in [4.69, 9.17) is 4.42 Å². The second kappa shape index (κ2) is 4.15. The Morgan fingerprint density at radius 3 is 3.08 bits per heavy atom. The highest BCUT2D eigenvalue weighted by Gasteiger charge is 2.16. The van der Waals surface area contributed by atoms with Crippen LogP contribution in [0.4, 0.5) is 0 Å². The molecule has 0 amide bonds. The van der Waals surface area contributed by atoms with Gasteiger partial charge >= 0.3 is 0 Å². The lowest BCUT2D eigenvalue weighted by molar-refractivity contribution is 0.340. The first kappa shape index (κ1) is 9.09. The van der Waals surface area contributed by atoms with Gasteiger partial charge in [-0.25, -0.2) is 4.98 Å². The Bertz CT molecular complexity index is 270. The van der Waals surface area contributed by atoms with Crippen LogP contribution in [0, 0.1) is 12.8 Å². The van der Waals surface area contributed by atoms with E-state index in [1.54, 1.807) is 18.0 Å². The maximum atomic E-state index is 5.23. The van der Waals surface area contributed by atoms with Crippen LogP contribution in [0.1, 0.15) is 12.1 Å². The highest BCUT2D eigenvalue weighted by Crippen LogP contribution is 2.20. The Morgan fingerprint density at radius 2 is 2.54 bits per heavy atom. The Kier molecular flexibility index (Phi) is 2.90. The number of aryl methyl sites for hydroxylation is 1. The van der Waals surface area contributed by atoms with Crippen LogP contribution in [-0.4, -0.2) is 23.8 Å². The predicted octanol–water partition coefficient (Wildman–Crippen LogP) is 1.68. The summed E-state index contributed by atoms with van der Waals surface area (Å²) in [7, 11) is 0. The number of aromatic nitrogens is 1. The molecule has 1 aromatic heterocycles. The van der Waals surface area contributed by atoms with Gasteiger partial charge in [0.05, 0.1) is 5.69 Å². The molecule has 72 valence electrons. The summed E-state index contributed by atoms with van der Waals surface area (Å²) in [6.45, 7) is 4.32. The number of rotatable bonds is 4. The zero-order chi connectivity index (χ0) is 9.10. The van der Waals surface area contributed by atoms with E-state index in [1.165, 1.54) is 19.5 Å². The largest absolute Gasteiger partial charge is 0.440 e. The number of nitrogens with one attached hydrogen (secondary N) is 1. The average Bonchev–Trinajstić information content (AvgIpc) is 2.42. The molecule has 0 bridgehead atoms. The first-order chi connectivity index (χ1) is 6.34. The molecular formula is C9H14N2OS. The van der Waals surface area contributed by atoms with Gasteiger partial charge in [0.1, 0.15) is 6.26 Å². The summed E-state index contributed by atoms with van der Waals surface area (Å²) in [5.41, 5.74) is 0.966. The number of thioether (sulfide) groups is 1. The van der Waals surface area contributed by atoms with Crippen LogP contribution in [0.2, 0.25) is 0 Å². The summed E-state index contributed by atoms with van der Waals surface area (Å²) in [5.74, 6) is 2.00. The fourth-order valence-electron chi connectivity index (χ4n) is 1.26. The molecule has 0 radical (unpaired) electrons. The van der Waals surface area contributed by atoms with Crippen molar-refractivity contribution in [1.82, 2.24) is 10.3 Å². The summed E-state index contributed by atoms with van der Waals surface area (Å²) < 4.78 is 5.23. The summed E-state index contributed by atoms with van der Waals surface area (Å²) in [6, 6.07) is 0. The third-order valence-corrected chi connectivity index (χ3v) is 3.09. The van der Waals surface area contributed by atoms with Crippen molar-refractivity contribution in [3.8, 4) is 0 Å².